The molecule has 0 atom stereocenters. The van der Waals surface area contributed by atoms with E-state index in [1.807, 2.05) is 121 Å². The van der Waals surface area contributed by atoms with Gasteiger partial charge in [0.1, 0.15) is 0 Å². The first-order valence-corrected chi connectivity index (χ1v) is 13.5. The summed E-state index contributed by atoms with van der Waals surface area (Å²) >= 11 is 3.54. The van der Waals surface area contributed by atoms with E-state index < -0.39 is 0 Å². The van der Waals surface area contributed by atoms with Crippen LogP contribution >= 0.6 is 15.9 Å². The smallest absolute Gasteiger partial charge is 0.194 e. The van der Waals surface area contributed by atoms with Gasteiger partial charge in [0.25, 0.3) is 0 Å². The monoisotopic (exact) mass is 566 g/mol. The molecule has 0 spiro atoms. The number of benzene rings is 5. The lowest BCUT2D eigenvalue weighted by Gasteiger charge is -2.02. The summed E-state index contributed by atoms with van der Waals surface area (Å²) in [5.41, 5.74) is 2.39. The van der Waals surface area contributed by atoms with Gasteiger partial charge in [0.05, 0.1) is 0 Å². The van der Waals surface area contributed by atoms with Crippen LogP contribution in [0, 0.1) is 0 Å². The molecule has 186 valence electrons. The summed E-state index contributed by atoms with van der Waals surface area (Å²) in [6.07, 6.45) is 0. The van der Waals surface area contributed by atoms with Gasteiger partial charge < -0.3 is 0 Å². The van der Waals surface area contributed by atoms with Gasteiger partial charge >= 0.3 is 0 Å². The molecule has 7 aromatic carbocycles. The van der Waals surface area contributed by atoms with Gasteiger partial charge in [-0.1, -0.05) is 143 Å². The van der Waals surface area contributed by atoms with Crippen molar-refractivity contribution in [1.29, 1.82) is 0 Å². The van der Waals surface area contributed by atoms with E-state index in [1.54, 1.807) is 0 Å². The molecule has 39 heavy (non-hydrogen) atoms. The first kappa shape index (κ1) is 24.7. The van der Waals surface area contributed by atoms with E-state index in [0.717, 1.165) is 58.7 Å². The highest BCUT2D eigenvalue weighted by atomic mass is 79.9. The Kier molecular flexibility index (Phi) is 6.75. The Morgan fingerprint density at radius 3 is 1.38 bits per heavy atom. The Labute approximate surface area is 233 Å². The normalized spacial score (nSPS) is 10.9. The summed E-state index contributed by atoms with van der Waals surface area (Å²) < 4.78 is 0.950. The van der Waals surface area contributed by atoms with Crippen molar-refractivity contribution in [1.82, 2.24) is 0 Å². The number of rotatable bonds is 1. The molecule has 0 aliphatic rings. The molecule has 0 radical (unpaired) electrons. The van der Waals surface area contributed by atoms with Gasteiger partial charge in [-0.3, -0.25) is 9.59 Å². The van der Waals surface area contributed by atoms with E-state index in [0.29, 0.717) is 0 Å². The van der Waals surface area contributed by atoms with E-state index in [1.165, 1.54) is 0 Å². The van der Waals surface area contributed by atoms with Gasteiger partial charge in [0.15, 0.2) is 10.9 Å². The van der Waals surface area contributed by atoms with Crippen molar-refractivity contribution < 1.29 is 0 Å². The molecular weight excluding hydrogens is 544 g/mol. The zero-order chi connectivity index (χ0) is 26.8. The molecule has 0 amide bonds. The zero-order valence-corrected chi connectivity index (χ0v) is 22.6. The SMILES string of the molecule is O=c1c2ccccc2cc(-c2ccccc2)c2ccccc12.O=c1c2ccccc2cc(Br)c2ccccc12. The maximum atomic E-state index is 12.9. The van der Waals surface area contributed by atoms with Gasteiger partial charge in [-0.25, -0.2) is 0 Å². The van der Waals surface area contributed by atoms with E-state index in [2.05, 4.69) is 34.1 Å². The fourth-order valence-corrected chi connectivity index (χ4v) is 5.65. The second-order valence-corrected chi connectivity index (χ2v) is 10.2. The van der Waals surface area contributed by atoms with Crippen LogP contribution in [0.15, 0.2) is 154 Å². The Hall–Kier alpha value is -4.60. The standard InChI is InChI=1S/C21H14O.C15H9BrO/c22-21-17-11-5-4-10-16(17)14-20(15-8-2-1-3-9-15)18-12-6-7-13-19(18)21;16-14-9-10-5-1-2-6-11(10)15(17)13-8-4-3-7-12(13)14/h1-14H;1-9H. The Bertz CT molecular complexity index is 2120. The number of halogens is 1. The van der Waals surface area contributed by atoms with Gasteiger partial charge in [0, 0.05) is 26.0 Å². The third-order valence-corrected chi connectivity index (χ3v) is 7.62. The van der Waals surface area contributed by atoms with Crippen LogP contribution in [0.2, 0.25) is 0 Å². The molecule has 0 fully saturated rings. The maximum absolute atomic E-state index is 12.9. The molecule has 0 aliphatic carbocycles. The lowest BCUT2D eigenvalue weighted by atomic mass is 10.0. The van der Waals surface area contributed by atoms with Crippen molar-refractivity contribution in [3.63, 3.8) is 0 Å². The minimum absolute atomic E-state index is 0.0851. The second-order valence-electron chi connectivity index (χ2n) is 9.34. The summed E-state index contributed by atoms with van der Waals surface area (Å²) in [5.74, 6) is 0. The fraction of sp³-hybridized carbons (Fsp3) is 0. The van der Waals surface area contributed by atoms with E-state index >= 15 is 0 Å². The third kappa shape index (κ3) is 4.73. The van der Waals surface area contributed by atoms with Crippen LogP contribution in [0.5, 0.6) is 0 Å². The minimum Gasteiger partial charge on any atom is -0.289 e. The van der Waals surface area contributed by atoms with Crippen LogP contribution in [-0.2, 0) is 0 Å². The van der Waals surface area contributed by atoms with Crippen LogP contribution in [-0.4, -0.2) is 0 Å². The zero-order valence-electron chi connectivity index (χ0n) is 21.0. The minimum atomic E-state index is 0.0851. The van der Waals surface area contributed by atoms with Gasteiger partial charge in [0.2, 0.25) is 0 Å². The molecule has 3 heteroatoms. The average Bonchev–Trinajstić information content (AvgIpc) is 3.19. The van der Waals surface area contributed by atoms with Crippen LogP contribution in [0.3, 0.4) is 0 Å². The highest BCUT2D eigenvalue weighted by Gasteiger charge is 2.08. The molecule has 2 nitrogen and oxygen atoms in total. The molecule has 7 aromatic rings. The van der Waals surface area contributed by atoms with E-state index in [4.69, 9.17) is 0 Å². The Morgan fingerprint density at radius 1 is 0.385 bits per heavy atom. The molecule has 7 rings (SSSR count). The summed E-state index contributed by atoms with van der Waals surface area (Å²) in [7, 11) is 0. The topological polar surface area (TPSA) is 34.1 Å². The fourth-order valence-electron chi connectivity index (χ4n) is 5.06. The van der Waals surface area contributed by atoms with E-state index in [9.17, 15) is 9.59 Å². The van der Waals surface area contributed by atoms with Crippen LogP contribution in [0.4, 0.5) is 0 Å². The summed E-state index contributed by atoms with van der Waals surface area (Å²) in [6.45, 7) is 0. The van der Waals surface area contributed by atoms with Crippen molar-refractivity contribution >= 4 is 59.0 Å². The van der Waals surface area contributed by atoms with Crippen LogP contribution in [0.25, 0.3) is 54.2 Å². The first-order valence-electron chi connectivity index (χ1n) is 12.7. The Morgan fingerprint density at radius 2 is 0.795 bits per heavy atom. The lowest BCUT2D eigenvalue weighted by molar-refractivity contribution is 1.67. The Balaban J connectivity index is 0.000000147. The van der Waals surface area contributed by atoms with Crippen LogP contribution < -0.4 is 10.9 Å². The quantitative estimate of drug-likeness (QED) is 0.198. The summed E-state index contributed by atoms with van der Waals surface area (Å²) in [6, 6.07) is 45.3. The first-order chi connectivity index (χ1) is 19.1. The number of fused-ring (bicyclic) bond motifs is 4. The van der Waals surface area contributed by atoms with Crippen molar-refractivity contribution in [2.45, 2.75) is 0 Å². The molecule has 0 aromatic heterocycles. The third-order valence-electron chi connectivity index (χ3n) is 6.97. The second kappa shape index (κ2) is 10.6. The van der Waals surface area contributed by atoms with Crippen molar-refractivity contribution in [3.05, 3.63) is 164 Å². The van der Waals surface area contributed by atoms with Crippen molar-refractivity contribution in [2.24, 2.45) is 0 Å². The van der Waals surface area contributed by atoms with Gasteiger partial charge in [-0.15, -0.1) is 0 Å². The molecule has 0 saturated carbocycles. The molecule has 0 aliphatic heterocycles. The van der Waals surface area contributed by atoms with E-state index in [-0.39, 0.29) is 10.9 Å². The average molecular weight is 567 g/mol. The maximum Gasteiger partial charge on any atom is 0.194 e. The lowest BCUT2D eigenvalue weighted by Crippen LogP contribution is -1.97. The largest absolute Gasteiger partial charge is 0.289 e. The molecule has 0 heterocycles. The molecular formula is C36H23BrO2. The van der Waals surface area contributed by atoms with Crippen molar-refractivity contribution in [2.75, 3.05) is 0 Å². The summed E-state index contributed by atoms with van der Waals surface area (Å²) in [4.78, 5) is 25.3. The highest BCUT2D eigenvalue weighted by Crippen LogP contribution is 2.29. The number of hydrogen-bond donors (Lipinski definition) is 0. The summed E-state index contributed by atoms with van der Waals surface area (Å²) in [5, 5.41) is 6.92. The van der Waals surface area contributed by atoms with Gasteiger partial charge in [-0.2, -0.15) is 0 Å². The highest BCUT2D eigenvalue weighted by molar-refractivity contribution is 9.10. The number of hydrogen-bond acceptors (Lipinski definition) is 2. The molecule has 0 unspecified atom stereocenters. The van der Waals surface area contributed by atoms with Crippen LogP contribution in [0.1, 0.15) is 0 Å². The van der Waals surface area contributed by atoms with Crippen molar-refractivity contribution in [3.8, 4) is 11.1 Å². The molecule has 0 saturated heterocycles. The predicted octanol–water partition coefficient (Wildman–Crippen LogP) is 9.14. The van der Waals surface area contributed by atoms with Gasteiger partial charge in [-0.05, 0) is 44.8 Å². The molecule has 0 N–H and O–H groups in total. The molecule has 0 bridgehead atoms. The predicted molar refractivity (Wildman–Crippen MR) is 169 cm³/mol.